The quantitative estimate of drug-likeness (QED) is 0.832. The third-order valence-electron chi connectivity index (χ3n) is 1.52. The summed E-state index contributed by atoms with van der Waals surface area (Å²) in [5, 5.41) is 9.03. The molecular formula is C9H10BrFO. The van der Waals surface area contributed by atoms with Crippen molar-refractivity contribution in [2.75, 3.05) is 0 Å². The van der Waals surface area contributed by atoms with Gasteiger partial charge in [0.05, 0.1) is 10.6 Å². The molecular weight excluding hydrogens is 223 g/mol. The molecule has 1 unspecified atom stereocenters. The molecule has 1 atom stereocenters. The van der Waals surface area contributed by atoms with Gasteiger partial charge in [-0.1, -0.05) is 6.07 Å². The summed E-state index contributed by atoms with van der Waals surface area (Å²) in [6.45, 7) is 1.68. The Hall–Kier alpha value is -0.410. The maximum atomic E-state index is 12.9. The SMILES string of the molecule is CC(O)Cc1ccc(Br)c(F)c1. The second-order valence-electron chi connectivity index (χ2n) is 2.80. The van der Waals surface area contributed by atoms with Crippen molar-refractivity contribution >= 4 is 15.9 Å². The molecule has 1 N–H and O–H groups in total. The minimum absolute atomic E-state index is 0.284. The summed E-state index contributed by atoms with van der Waals surface area (Å²) in [4.78, 5) is 0. The lowest BCUT2D eigenvalue weighted by molar-refractivity contribution is 0.195. The van der Waals surface area contributed by atoms with Gasteiger partial charge < -0.3 is 5.11 Å². The summed E-state index contributed by atoms with van der Waals surface area (Å²) < 4.78 is 13.4. The number of rotatable bonds is 2. The zero-order valence-electron chi connectivity index (χ0n) is 6.72. The topological polar surface area (TPSA) is 20.2 Å². The summed E-state index contributed by atoms with van der Waals surface area (Å²) in [5.41, 5.74) is 0.811. The maximum absolute atomic E-state index is 12.9. The molecule has 0 fully saturated rings. The molecule has 3 heteroatoms. The van der Waals surface area contributed by atoms with E-state index in [-0.39, 0.29) is 5.82 Å². The molecule has 1 aromatic carbocycles. The Morgan fingerprint density at radius 3 is 2.75 bits per heavy atom. The average molecular weight is 233 g/mol. The van der Waals surface area contributed by atoms with Crippen molar-refractivity contribution in [2.24, 2.45) is 0 Å². The molecule has 66 valence electrons. The number of halogens is 2. The smallest absolute Gasteiger partial charge is 0.137 e. The Kier molecular flexibility index (Phi) is 3.23. The summed E-state index contributed by atoms with van der Waals surface area (Å²) in [6, 6.07) is 4.86. The summed E-state index contributed by atoms with van der Waals surface area (Å²) in [7, 11) is 0. The predicted octanol–water partition coefficient (Wildman–Crippen LogP) is 2.51. The van der Waals surface area contributed by atoms with E-state index in [0.29, 0.717) is 10.9 Å². The molecule has 0 heterocycles. The fourth-order valence-corrected chi connectivity index (χ4v) is 1.25. The van der Waals surface area contributed by atoms with E-state index in [4.69, 9.17) is 5.11 Å². The van der Waals surface area contributed by atoms with Crippen molar-refractivity contribution in [1.29, 1.82) is 0 Å². The van der Waals surface area contributed by atoms with E-state index in [1.54, 1.807) is 19.1 Å². The van der Waals surface area contributed by atoms with Crippen LogP contribution in [0.5, 0.6) is 0 Å². The molecule has 0 amide bonds. The van der Waals surface area contributed by atoms with Gasteiger partial charge in [-0.3, -0.25) is 0 Å². The van der Waals surface area contributed by atoms with E-state index < -0.39 is 6.10 Å². The van der Waals surface area contributed by atoms with Gasteiger partial charge in [0.2, 0.25) is 0 Å². The largest absolute Gasteiger partial charge is 0.393 e. The van der Waals surface area contributed by atoms with Gasteiger partial charge >= 0.3 is 0 Å². The number of hydrogen-bond acceptors (Lipinski definition) is 1. The molecule has 0 spiro atoms. The van der Waals surface area contributed by atoms with Crippen molar-refractivity contribution in [1.82, 2.24) is 0 Å². The van der Waals surface area contributed by atoms with Crippen LogP contribution in [-0.2, 0) is 6.42 Å². The fourth-order valence-electron chi connectivity index (χ4n) is 1.01. The van der Waals surface area contributed by atoms with E-state index in [1.165, 1.54) is 6.07 Å². The highest BCUT2D eigenvalue weighted by Crippen LogP contribution is 2.17. The van der Waals surface area contributed by atoms with Crippen LogP contribution in [0.15, 0.2) is 22.7 Å². The Morgan fingerprint density at radius 1 is 1.58 bits per heavy atom. The fraction of sp³-hybridized carbons (Fsp3) is 0.333. The predicted molar refractivity (Wildman–Crippen MR) is 49.5 cm³/mol. The van der Waals surface area contributed by atoms with Crippen molar-refractivity contribution in [2.45, 2.75) is 19.4 Å². The molecule has 0 aliphatic heterocycles. The highest BCUT2D eigenvalue weighted by atomic mass is 79.9. The van der Waals surface area contributed by atoms with Crippen LogP contribution in [0.1, 0.15) is 12.5 Å². The second-order valence-corrected chi connectivity index (χ2v) is 3.66. The van der Waals surface area contributed by atoms with Gasteiger partial charge in [-0.2, -0.15) is 0 Å². The molecule has 1 aromatic rings. The van der Waals surface area contributed by atoms with Crippen LogP contribution in [0.4, 0.5) is 4.39 Å². The van der Waals surface area contributed by atoms with Gasteiger partial charge in [-0.05, 0) is 47.0 Å². The maximum Gasteiger partial charge on any atom is 0.137 e. The van der Waals surface area contributed by atoms with Gasteiger partial charge in [-0.25, -0.2) is 4.39 Å². The van der Waals surface area contributed by atoms with Crippen molar-refractivity contribution < 1.29 is 9.50 Å². The monoisotopic (exact) mass is 232 g/mol. The first-order chi connectivity index (χ1) is 5.59. The third kappa shape index (κ3) is 2.57. The second kappa shape index (κ2) is 4.01. The molecule has 1 nitrogen and oxygen atoms in total. The number of aliphatic hydroxyl groups is 1. The van der Waals surface area contributed by atoms with Crippen LogP contribution in [0, 0.1) is 5.82 Å². The first-order valence-electron chi connectivity index (χ1n) is 3.71. The molecule has 1 rings (SSSR count). The van der Waals surface area contributed by atoms with Crippen LogP contribution in [-0.4, -0.2) is 11.2 Å². The summed E-state index contributed by atoms with van der Waals surface area (Å²) in [5.74, 6) is -0.284. The molecule has 0 aliphatic carbocycles. The Labute approximate surface area is 79.4 Å². The van der Waals surface area contributed by atoms with Gasteiger partial charge in [0.1, 0.15) is 5.82 Å². The molecule has 0 saturated carbocycles. The van der Waals surface area contributed by atoms with Gasteiger partial charge in [-0.15, -0.1) is 0 Å². The van der Waals surface area contributed by atoms with Crippen LogP contribution in [0.3, 0.4) is 0 Å². The molecule has 0 aromatic heterocycles. The van der Waals surface area contributed by atoms with Crippen LogP contribution < -0.4 is 0 Å². The van der Waals surface area contributed by atoms with Gasteiger partial charge in [0, 0.05) is 0 Å². The highest BCUT2D eigenvalue weighted by molar-refractivity contribution is 9.10. The molecule has 0 saturated heterocycles. The average Bonchev–Trinajstić information content (AvgIpc) is 1.96. The van der Waals surface area contributed by atoms with Gasteiger partial charge in [0.25, 0.3) is 0 Å². The summed E-state index contributed by atoms with van der Waals surface area (Å²) >= 11 is 3.06. The minimum atomic E-state index is -0.425. The standard InChI is InChI=1S/C9H10BrFO/c1-6(12)4-7-2-3-8(10)9(11)5-7/h2-3,5-6,12H,4H2,1H3. The Balaban J connectivity index is 2.82. The van der Waals surface area contributed by atoms with Crippen LogP contribution in [0.2, 0.25) is 0 Å². The first kappa shape index (κ1) is 9.68. The van der Waals surface area contributed by atoms with E-state index in [2.05, 4.69) is 15.9 Å². The van der Waals surface area contributed by atoms with Crippen LogP contribution in [0.25, 0.3) is 0 Å². The number of aliphatic hydroxyl groups excluding tert-OH is 1. The van der Waals surface area contributed by atoms with Crippen molar-refractivity contribution in [3.8, 4) is 0 Å². The molecule has 0 aliphatic rings. The lowest BCUT2D eigenvalue weighted by Crippen LogP contribution is -2.04. The highest BCUT2D eigenvalue weighted by Gasteiger charge is 2.02. The van der Waals surface area contributed by atoms with Crippen molar-refractivity contribution in [3.63, 3.8) is 0 Å². The lowest BCUT2D eigenvalue weighted by Gasteiger charge is -2.04. The molecule has 0 radical (unpaired) electrons. The zero-order valence-corrected chi connectivity index (χ0v) is 8.31. The normalized spacial score (nSPS) is 13.0. The van der Waals surface area contributed by atoms with Crippen molar-refractivity contribution in [3.05, 3.63) is 34.1 Å². The Bertz CT molecular complexity index is 273. The molecule has 12 heavy (non-hydrogen) atoms. The first-order valence-corrected chi connectivity index (χ1v) is 4.51. The molecule has 0 bridgehead atoms. The van der Waals surface area contributed by atoms with E-state index >= 15 is 0 Å². The number of benzene rings is 1. The van der Waals surface area contributed by atoms with Crippen LogP contribution >= 0.6 is 15.9 Å². The number of hydrogen-bond donors (Lipinski definition) is 1. The third-order valence-corrected chi connectivity index (χ3v) is 2.16. The lowest BCUT2D eigenvalue weighted by atomic mass is 10.1. The minimum Gasteiger partial charge on any atom is -0.393 e. The Morgan fingerprint density at radius 2 is 2.25 bits per heavy atom. The van der Waals surface area contributed by atoms with E-state index in [9.17, 15) is 4.39 Å². The van der Waals surface area contributed by atoms with E-state index in [1.807, 2.05) is 0 Å². The zero-order chi connectivity index (χ0) is 9.14. The summed E-state index contributed by atoms with van der Waals surface area (Å²) in [6.07, 6.45) is 0.0649. The van der Waals surface area contributed by atoms with Gasteiger partial charge in [0.15, 0.2) is 0 Å². The van der Waals surface area contributed by atoms with E-state index in [0.717, 1.165) is 5.56 Å².